The molecule has 1 aliphatic rings. The number of hydrogen-bond donors (Lipinski definition) is 2. The minimum absolute atomic E-state index is 0.0722. The molecular formula is C40H39ClN2O5S. The van der Waals surface area contributed by atoms with Crippen molar-refractivity contribution >= 4 is 40.9 Å². The fourth-order valence-corrected chi connectivity index (χ4v) is 7.19. The molecule has 1 aromatic heterocycles. The van der Waals surface area contributed by atoms with Crippen molar-refractivity contribution in [1.82, 2.24) is 10.2 Å². The third-order valence-corrected chi connectivity index (χ3v) is 9.60. The maximum Gasteiger partial charge on any atom is 0.407 e. The Labute approximate surface area is 296 Å². The first kappa shape index (κ1) is 35.4. The maximum absolute atomic E-state index is 14.0. The first-order chi connectivity index (χ1) is 23.9. The Kier molecular flexibility index (Phi) is 12.2. The summed E-state index contributed by atoms with van der Waals surface area (Å²) in [7, 11) is 0. The Morgan fingerprint density at radius 2 is 1.31 bits per heavy atom. The summed E-state index contributed by atoms with van der Waals surface area (Å²) in [4.78, 5) is 41.9. The maximum atomic E-state index is 14.0. The molecule has 9 heteroatoms. The summed E-state index contributed by atoms with van der Waals surface area (Å²) >= 11 is 7.26. The number of carbonyl (C=O) groups excluding carboxylic acids is 2. The van der Waals surface area contributed by atoms with Gasteiger partial charge in [0.25, 0.3) is 5.91 Å². The van der Waals surface area contributed by atoms with E-state index in [0.29, 0.717) is 15.6 Å². The molecule has 6 rings (SSSR count). The molecule has 0 bridgehead atoms. The third-order valence-electron chi connectivity index (χ3n) is 8.39. The van der Waals surface area contributed by atoms with E-state index in [9.17, 15) is 19.5 Å². The van der Waals surface area contributed by atoms with E-state index in [0.717, 1.165) is 44.7 Å². The molecule has 0 saturated heterocycles. The summed E-state index contributed by atoms with van der Waals surface area (Å²) in [6.45, 7) is 4.05. The van der Waals surface area contributed by atoms with Gasteiger partial charge in [0.1, 0.15) is 12.6 Å². The molecule has 49 heavy (non-hydrogen) atoms. The molecule has 0 spiro atoms. The van der Waals surface area contributed by atoms with Crippen LogP contribution >= 0.6 is 22.9 Å². The van der Waals surface area contributed by atoms with Crippen LogP contribution in [-0.2, 0) is 22.4 Å². The Morgan fingerprint density at radius 1 is 0.776 bits per heavy atom. The number of carboxylic acids is 1. The summed E-state index contributed by atoms with van der Waals surface area (Å²) < 4.78 is 6.27. The molecule has 2 amide bonds. The van der Waals surface area contributed by atoms with E-state index in [4.69, 9.17) is 16.3 Å². The number of halogens is 1. The van der Waals surface area contributed by atoms with Crippen molar-refractivity contribution in [3.05, 3.63) is 153 Å². The van der Waals surface area contributed by atoms with Gasteiger partial charge >= 0.3 is 12.1 Å². The van der Waals surface area contributed by atoms with Gasteiger partial charge in [-0.2, -0.15) is 0 Å². The van der Waals surface area contributed by atoms with Gasteiger partial charge in [-0.25, -0.2) is 9.59 Å². The molecule has 0 aliphatic heterocycles. The number of nitrogens with zero attached hydrogens (tertiary/aromatic N) is 1. The summed E-state index contributed by atoms with van der Waals surface area (Å²) in [5.74, 6) is -1.74. The predicted molar refractivity (Wildman–Crippen MR) is 195 cm³/mol. The molecule has 252 valence electrons. The predicted octanol–water partition coefficient (Wildman–Crippen LogP) is 8.72. The average Bonchev–Trinajstić information content (AvgIpc) is 3.71. The highest BCUT2D eigenvalue weighted by atomic mass is 35.5. The number of alkyl carbamates (subject to hydrolysis) is 1. The van der Waals surface area contributed by atoms with Crippen molar-refractivity contribution in [2.75, 3.05) is 13.2 Å². The molecule has 1 heterocycles. The smallest absolute Gasteiger partial charge is 0.407 e. The van der Waals surface area contributed by atoms with Gasteiger partial charge in [-0.1, -0.05) is 135 Å². The zero-order chi connectivity index (χ0) is 34.8. The van der Waals surface area contributed by atoms with Gasteiger partial charge in [-0.3, -0.25) is 4.79 Å². The van der Waals surface area contributed by atoms with Crippen LogP contribution in [0.3, 0.4) is 0 Å². The number of thiophene rings is 1. The molecular weight excluding hydrogens is 656 g/mol. The molecule has 0 saturated carbocycles. The van der Waals surface area contributed by atoms with E-state index in [2.05, 4.69) is 29.6 Å². The molecule has 1 unspecified atom stereocenters. The number of benzene rings is 4. The second-order valence-electron chi connectivity index (χ2n) is 11.5. The largest absolute Gasteiger partial charge is 0.480 e. The minimum Gasteiger partial charge on any atom is -0.480 e. The van der Waals surface area contributed by atoms with E-state index < -0.39 is 30.1 Å². The lowest BCUT2D eigenvalue weighted by atomic mass is 9.98. The van der Waals surface area contributed by atoms with Gasteiger partial charge in [0, 0.05) is 18.9 Å². The Balaban J connectivity index is 0.00000230. The highest BCUT2D eigenvalue weighted by Gasteiger charge is 2.34. The second kappa shape index (κ2) is 17.0. The van der Waals surface area contributed by atoms with Gasteiger partial charge in [0.05, 0.1) is 15.3 Å². The molecule has 5 aromatic rings. The van der Waals surface area contributed by atoms with Gasteiger partial charge < -0.3 is 20.1 Å². The quantitative estimate of drug-likeness (QED) is 0.136. The van der Waals surface area contributed by atoms with Crippen LogP contribution < -0.4 is 5.32 Å². The standard InChI is InChI=1S/C38H33ClN2O5S.C2H6/c39-35-20-19-34(47-35)36(42)41(33(37(43)44)22-26-13-5-2-6-14-26)23-27(21-25-11-3-1-4-12-25)40-38(45)46-24-32-30-17-9-7-15-28(30)29-16-8-10-18-31(29)32;1-2/h1-20,27,32-33H,21-24H2,(H,40,45)(H,43,44);1-2H3/t27?,33-;/m0./s1. The summed E-state index contributed by atoms with van der Waals surface area (Å²) in [6.07, 6.45) is -0.212. The highest BCUT2D eigenvalue weighted by molar-refractivity contribution is 7.18. The van der Waals surface area contributed by atoms with Crippen LogP contribution in [0.2, 0.25) is 4.34 Å². The first-order valence-electron chi connectivity index (χ1n) is 16.4. The van der Waals surface area contributed by atoms with Crippen molar-refractivity contribution in [3.63, 3.8) is 0 Å². The molecule has 1 aliphatic carbocycles. The van der Waals surface area contributed by atoms with Gasteiger partial charge in [0.15, 0.2) is 0 Å². The highest BCUT2D eigenvalue weighted by Crippen LogP contribution is 2.44. The van der Waals surface area contributed by atoms with E-state index in [1.54, 1.807) is 12.1 Å². The van der Waals surface area contributed by atoms with Crippen LogP contribution in [0.4, 0.5) is 4.79 Å². The van der Waals surface area contributed by atoms with Crippen molar-refractivity contribution in [1.29, 1.82) is 0 Å². The minimum atomic E-state index is -1.20. The second-order valence-corrected chi connectivity index (χ2v) is 13.2. The Morgan fingerprint density at radius 3 is 1.84 bits per heavy atom. The van der Waals surface area contributed by atoms with Crippen LogP contribution in [0, 0.1) is 0 Å². The fraction of sp³-hybridized carbons (Fsp3) is 0.225. The Bertz CT molecular complexity index is 1820. The van der Waals surface area contributed by atoms with Crippen LogP contribution in [0.15, 0.2) is 121 Å². The van der Waals surface area contributed by atoms with Crippen LogP contribution in [0.25, 0.3) is 11.1 Å². The van der Waals surface area contributed by atoms with E-state index in [1.807, 2.05) is 98.8 Å². The van der Waals surface area contributed by atoms with Gasteiger partial charge in [0.2, 0.25) is 0 Å². The van der Waals surface area contributed by atoms with Crippen LogP contribution in [-0.4, -0.2) is 53.2 Å². The lowest BCUT2D eigenvalue weighted by Gasteiger charge is -2.32. The van der Waals surface area contributed by atoms with Crippen molar-refractivity contribution in [2.24, 2.45) is 0 Å². The molecule has 4 aromatic carbocycles. The third kappa shape index (κ3) is 8.76. The number of aliphatic carboxylic acids is 1. The zero-order valence-electron chi connectivity index (χ0n) is 27.4. The molecule has 0 fully saturated rings. The summed E-state index contributed by atoms with van der Waals surface area (Å²) in [5.41, 5.74) is 6.13. The van der Waals surface area contributed by atoms with Crippen LogP contribution in [0.5, 0.6) is 0 Å². The monoisotopic (exact) mass is 694 g/mol. The summed E-state index contributed by atoms with van der Waals surface area (Å²) in [6, 6.07) is 36.3. The number of nitrogens with one attached hydrogen (secondary N) is 1. The topological polar surface area (TPSA) is 95.9 Å². The number of fused-ring (bicyclic) bond motifs is 3. The van der Waals surface area contributed by atoms with E-state index in [1.165, 1.54) is 4.90 Å². The lowest BCUT2D eigenvalue weighted by Crippen LogP contribution is -2.53. The number of hydrogen-bond acceptors (Lipinski definition) is 5. The fourth-order valence-electron chi connectivity index (χ4n) is 6.19. The molecule has 7 nitrogen and oxygen atoms in total. The summed E-state index contributed by atoms with van der Waals surface area (Å²) in [5, 5.41) is 13.4. The number of carbonyl (C=O) groups is 3. The SMILES string of the molecule is CC.O=C(NC(Cc1ccccc1)CN(C(=O)c1ccc(Cl)s1)[C@@H](Cc1ccccc1)C(=O)O)OCC1c2ccccc2-c2ccccc21. The zero-order valence-corrected chi connectivity index (χ0v) is 29.0. The Hall–Kier alpha value is -4.92. The van der Waals surface area contributed by atoms with E-state index >= 15 is 0 Å². The van der Waals surface area contributed by atoms with E-state index in [-0.39, 0.29) is 25.5 Å². The first-order valence-corrected chi connectivity index (χ1v) is 17.6. The average molecular weight is 695 g/mol. The van der Waals surface area contributed by atoms with Gasteiger partial charge in [-0.15, -0.1) is 11.3 Å². The molecule has 2 N–H and O–H groups in total. The van der Waals surface area contributed by atoms with Crippen molar-refractivity contribution < 1.29 is 24.2 Å². The van der Waals surface area contributed by atoms with Crippen molar-refractivity contribution in [2.45, 2.75) is 44.7 Å². The number of rotatable bonds is 12. The number of ether oxygens (including phenoxy) is 1. The van der Waals surface area contributed by atoms with Crippen LogP contribution in [0.1, 0.15) is 51.7 Å². The number of carboxylic acid groups (broad SMARTS) is 1. The lowest BCUT2D eigenvalue weighted by molar-refractivity contribution is -0.142. The normalized spacial score (nSPS) is 12.8. The van der Waals surface area contributed by atoms with Crippen molar-refractivity contribution in [3.8, 4) is 11.1 Å². The molecule has 2 atom stereocenters. The van der Waals surface area contributed by atoms with Gasteiger partial charge in [-0.05, 0) is 51.9 Å². The number of amides is 2. The molecule has 0 radical (unpaired) electrons.